The van der Waals surface area contributed by atoms with E-state index in [-0.39, 0.29) is 6.61 Å². The molecule has 6 nitrogen and oxygen atoms in total. The summed E-state index contributed by atoms with van der Waals surface area (Å²) in [6.45, 7) is 5.27. The van der Waals surface area contributed by atoms with Crippen molar-refractivity contribution >= 4 is 11.7 Å². The van der Waals surface area contributed by atoms with E-state index in [0.29, 0.717) is 5.69 Å². The maximum Gasteiger partial charge on any atom is 0.319 e. The molecule has 94 valence electrons. The van der Waals surface area contributed by atoms with Crippen LogP contribution in [0.2, 0.25) is 0 Å². The van der Waals surface area contributed by atoms with Gasteiger partial charge in [-0.25, -0.2) is 14.8 Å². The Labute approximate surface area is 100 Å². The van der Waals surface area contributed by atoms with Gasteiger partial charge in [0.15, 0.2) is 0 Å². The molecular formula is C11H18N4O2. The van der Waals surface area contributed by atoms with Crippen molar-refractivity contribution in [1.82, 2.24) is 15.3 Å². The molecule has 3 N–H and O–H groups in total. The van der Waals surface area contributed by atoms with Gasteiger partial charge in [0, 0.05) is 6.42 Å². The fraction of sp³-hybridized carbons (Fsp3) is 0.545. The Morgan fingerprint density at radius 3 is 2.47 bits per heavy atom. The first-order valence-corrected chi connectivity index (χ1v) is 5.48. The summed E-state index contributed by atoms with van der Waals surface area (Å²) in [6.07, 6.45) is 3.86. The summed E-state index contributed by atoms with van der Waals surface area (Å²) in [5.74, 6) is 0.728. The highest BCUT2D eigenvalue weighted by Crippen LogP contribution is 2.05. The van der Waals surface area contributed by atoms with E-state index in [9.17, 15) is 4.79 Å². The molecule has 0 saturated carbocycles. The smallest absolute Gasteiger partial charge is 0.319 e. The Kier molecular flexibility index (Phi) is 4.39. The molecule has 0 spiro atoms. The standard InChI is InChI=1S/C11H18N4O2/c1-4-9-12-5-8(6-13-9)14-10(17)15-11(2,3)7-16/h5-6,16H,4,7H2,1-3H3,(H2,14,15,17). The van der Waals surface area contributed by atoms with Gasteiger partial charge in [0.2, 0.25) is 0 Å². The third-order valence-corrected chi connectivity index (χ3v) is 2.13. The predicted octanol–water partition coefficient (Wildman–Crippen LogP) is 0.931. The van der Waals surface area contributed by atoms with Crippen LogP contribution < -0.4 is 10.6 Å². The fourth-order valence-electron chi connectivity index (χ4n) is 1.11. The molecule has 17 heavy (non-hydrogen) atoms. The number of nitrogens with one attached hydrogen (secondary N) is 2. The predicted molar refractivity (Wildman–Crippen MR) is 64.7 cm³/mol. The van der Waals surface area contributed by atoms with E-state index in [4.69, 9.17) is 5.11 Å². The Morgan fingerprint density at radius 1 is 1.41 bits per heavy atom. The van der Waals surface area contributed by atoms with Gasteiger partial charge in [0.1, 0.15) is 5.82 Å². The minimum absolute atomic E-state index is 0.133. The summed E-state index contributed by atoms with van der Waals surface area (Å²) in [5, 5.41) is 14.2. The van der Waals surface area contributed by atoms with Crippen LogP contribution in [0.1, 0.15) is 26.6 Å². The molecular weight excluding hydrogens is 220 g/mol. The number of rotatable bonds is 4. The van der Waals surface area contributed by atoms with Crippen LogP contribution in [0.3, 0.4) is 0 Å². The van der Waals surface area contributed by atoms with Gasteiger partial charge in [0.05, 0.1) is 30.2 Å². The largest absolute Gasteiger partial charge is 0.394 e. The number of carbonyl (C=O) groups excluding carboxylic acids is 1. The van der Waals surface area contributed by atoms with Gasteiger partial charge >= 0.3 is 6.03 Å². The average molecular weight is 238 g/mol. The number of hydrogen-bond acceptors (Lipinski definition) is 4. The van der Waals surface area contributed by atoms with Gasteiger partial charge < -0.3 is 15.7 Å². The maximum absolute atomic E-state index is 11.6. The number of anilines is 1. The highest BCUT2D eigenvalue weighted by atomic mass is 16.3. The molecule has 0 aliphatic rings. The number of aryl methyl sites for hydroxylation is 1. The molecule has 0 aliphatic carbocycles. The highest BCUT2D eigenvalue weighted by Gasteiger charge is 2.18. The van der Waals surface area contributed by atoms with Crippen molar-refractivity contribution in [3.8, 4) is 0 Å². The van der Waals surface area contributed by atoms with Crippen LogP contribution in [0.4, 0.5) is 10.5 Å². The lowest BCUT2D eigenvalue weighted by Gasteiger charge is -2.23. The third-order valence-electron chi connectivity index (χ3n) is 2.13. The van der Waals surface area contributed by atoms with Crippen molar-refractivity contribution in [2.24, 2.45) is 0 Å². The lowest BCUT2D eigenvalue weighted by atomic mass is 10.1. The van der Waals surface area contributed by atoms with Gasteiger partial charge in [0.25, 0.3) is 0 Å². The number of carbonyl (C=O) groups is 1. The molecule has 0 bridgehead atoms. The number of aromatic nitrogens is 2. The van der Waals surface area contributed by atoms with Crippen molar-refractivity contribution in [2.75, 3.05) is 11.9 Å². The van der Waals surface area contributed by atoms with E-state index >= 15 is 0 Å². The normalized spacial score (nSPS) is 11.1. The second kappa shape index (κ2) is 5.58. The van der Waals surface area contributed by atoms with Gasteiger partial charge in [-0.15, -0.1) is 0 Å². The fourth-order valence-corrected chi connectivity index (χ4v) is 1.11. The Bertz CT molecular complexity index is 376. The SMILES string of the molecule is CCc1ncc(NC(=O)NC(C)(C)CO)cn1. The van der Waals surface area contributed by atoms with Crippen LogP contribution in [-0.4, -0.2) is 33.3 Å². The Balaban J connectivity index is 2.56. The highest BCUT2D eigenvalue weighted by molar-refractivity contribution is 5.89. The zero-order valence-corrected chi connectivity index (χ0v) is 10.3. The number of aliphatic hydroxyl groups excluding tert-OH is 1. The first-order valence-electron chi connectivity index (χ1n) is 5.48. The summed E-state index contributed by atoms with van der Waals surface area (Å²) in [4.78, 5) is 19.7. The number of urea groups is 1. The molecule has 0 atom stereocenters. The average Bonchev–Trinajstić information content (AvgIpc) is 2.29. The van der Waals surface area contributed by atoms with Crippen molar-refractivity contribution in [3.05, 3.63) is 18.2 Å². The van der Waals surface area contributed by atoms with E-state index in [1.807, 2.05) is 6.92 Å². The maximum atomic E-state index is 11.6. The number of aliphatic hydroxyl groups is 1. The molecule has 2 amide bonds. The monoisotopic (exact) mass is 238 g/mol. The molecule has 1 aromatic heterocycles. The molecule has 0 radical (unpaired) electrons. The molecule has 0 aliphatic heterocycles. The molecule has 1 aromatic rings. The van der Waals surface area contributed by atoms with Crippen molar-refractivity contribution in [3.63, 3.8) is 0 Å². The summed E-state index contributed by atoms with van der Waals surface area (Å²) >= 11 is 0. The van der Waals surface area contributed by atoms with E-state index in [2.05, 4.69) is 20.6 Å². The zero-order chi connectivity index (χ0) is 12.9. The molecule has 0 unspecified atom stereocenters. The van der Waals surface area contributed by atoms with Crippen molar-refractivity contribution in [1.29, 1.82) is 0 Å². The molecule has 0 fully saturated rings. The lowest BCUT2D eigenvalue weighted by molar-refractivity contribution is 0.187. The van der Waals surface area contributed by atoms with E-state index in [1.165, 1.54) is 0 Å². The van der Waals surface area contributed by atoms with Crippen LogP contribution >= 0.6 is 0 Å². The summed E-state index contributed by atoms with van der Waals surface area (Å²) in [7, 11) is 0. The molecule has 6 heteroatoms. The lowest BCUT2D eigenvalue weighted by Crippen LogP contribution is -2.48. The first-order chi connectivity index (χ1) is 7.96. The zero-order valence-electron chi connectivity index (χ0n) is 10.3. The summed E-state index contributed by atoms with van der Waals surface area (Å²) in [6, 6.07) is -0.392. The summed E-state index contributed by atoms with van der Waals surface area (Å²) in [5.41, 5.74) is -0.137. The quantitative estimate of drug-likeness (QED) is 0.728. The van der Waals surface area contributed by atoms with Gasteiger partial charge in [-0.2, -0.15) is 0 Å². The molecule has 1 rings (SSSR count). The van der Waals surface area contributed by atoms with Gasteiger partial charge in [-0.05, 0) is 13.8 Å². The van der Waals surface area contributed by atoms with Crippen molar-refractivity contribution in [2.45, 2.75) is 32.7 Å². The Hall–Kier alpha value is -1.69. The second-order valence-corrected chi connectivity index (χ2v) is 4.36. The summed E-state index contributed by atoms with van der Waals surface area (Å²) < 4.78 is 0. The van der Waals surface area contributed by atoms with Gasteiger partial charge in [-0.3, -0.25) is 0 Å². The number of nitrogens with zero attached hydrogens (tertiary/aromatic N) is 2. The molecule has 1 heterocycles. The minimum atomic E-state index is -0.658. The Morgan fingerprint density at radius 2 is 2.00 bits per heavy atom. The number of amides is 2. The van der Waals surface area contributed by atoms with E-state index in [0.717, 1.165) is 12.2 Å². The third kappa shape index (κ3) is 4.36. The van der Waals surface area contributed by atoms with Crippen LogP contribution in [-0.2, 0) is 6.42 Å². The van der Waals surface area contributed by atoms with Crippen LogP contribution in [0.25, 0.3) is 0 Å². The van der Waals surface area contributed by atoms with Crippen LogP contribution in [0, 0.1) is 0 Å². The molecule has 0 saturated heterocycles. The van der Waals surface area contributed by atoms with Crippen molar-refractivity contribution < 1.29 is 9.90 Å². The van der Waals surface area contributed by atoms with Crippen LogP contribution in [0.15, 0.2) is 12.4 Å². The topological polar surface area (TPSA) is 87.1 Å². The first kappa shape index (κ1) is 13.4. The number of hydrogen-bond donors (Lipinski definition) is 3. The van der Waals surface area contributed by atoms with Crippen LogP contribution in [0.5, 0.6) is 0 Å². The minimum Gasteiger partial charge on any atom is -0.394 e. The molecule has 0 aromatic carbocycles. The van der Waals surface area contributed by atoms with E-state index in [1.54, 1.807) is 26.2 Å². The van der Waals surface area contributed by atoms with E-state index < -0.39 is 11.6 Å². The second-order valence-electron chi connectivity index (χ2n) is 4.36. The van der Waals surface area contributed by atoms with Gasteiger partial charge in [-0.1, -0.05) is 6.92 Å².